The van der Waals surface area contributed by atoms with E-state index in [1.54, 1.807) is 6.92 Å². The van der Waals surface area contributed by atoms with E-state index in [4.69, 9.17) is 10.1 Å². The number of anilines is 1. The van der Waals surface area contributed by atoms with Gasteiger partial charge in [-0.3, -0.25) is 19.0 Å². The molecule has 0 spiro atoms. The van der Waals surface area contributed by atoms with Gasteiger partial charge >= 0.3 is 5.69 Å². The van der Waals surface area contributed by atoms with E-state index in [-0.39, 0.29) is 35.3 Å². The van der Waals surface area contributed by atoms with Crippen LogP contribution >= 0.6 is 0 Å². The number of benzene rings is 2. The average molecular weight is 563 g/mol. The van der Waals surface area contributed by atoms with Gasteiger partial charge in [0, 0.05) is 49.9 Å². The van der Waals surface area contributed by atoms with Crippen LogP contribution in [0.4, 0.5) is 14.5 Å². The number of carbonyl (C=O) groups excluding carboxylic acids is 2. The van der Waals surface area contributed by atoms with E-state index < -0.39 is 34.4 Å². The number of hydrogen-bond donors (Lipinski definition) is 4. The van der Waals surface area contributed by atoms with Crippen molar-refractivity contribution >= 4 is 23.7 Å². The maximum Gasteiger partial charge on any atom is 0.335 e. The fraction of sp³-hybridized carbons (Fsp3) is 0.107. The van der Waals surface area contributed by atoms with Crippen molar-refractivity contribution in [1.29, 1.82) is 5.41 Å². The third kappa shape index (κ3) is 6.36. The number of ether oxygens (including phenoxy) is 1. The number of carbonyl (C=O) groups is 2. The molecule has 13 heteroatoms. The summed E-state index contributed by atoms with van der Waals surface area (Å²) in [6, 6.07) is 8.20. The van der Waals surface area contributed by atoms with Gasteiger partial charge in [0.05, 0.1) is 17.1 Å². The van der Waals surface area contributed by atoms with Crippen molar-refractivity contribution in [1.82, 2.24) is 19.8 Å². The highest BCUT2D eigenvalue weighted by atomic mass is 19.1. The number of amides is 2. The molecule has 3 aromatic rings. The van der Waals surface area contributed by atoms with Crippen LogP contribution in [-0.4, -0.2) is 27.2 Å². The number of nitrogens with zero attached hydrogens (tertiary/aromatic N) is 2. The third-order valence-electron chi connectivity index (χ3n) is 5.74. The maximum atomic E-state index is 15.0. The lowest BCUT2D eigenvalue weighted by atomic mass is 10.2. The van der Waals surface area contributed by atoms with E-state index in [0.717, 1.165) is 39.7 Å². The highest BCUT2D eigenvalue weighted by Gasteiger charge is 2.20. The summed E-state index contributed by atoms with van der Waals surface area (Å²) < 4.78 is 36.0. The number of hydrogen-bond acceptors (Lipinski definition) is 7. The van der Waals surface area contributed by atoms with Crippen LogP contribution in [0.1, 0.15) is 24.2 Å². The van der Waals surface area contributed by atoms with Gasteiger partial charge in [-0.15, -0.1) is 0 Å². The minimum absolute atomic E-state index is 0.00772. The average Bonchev–Trinajstić information content (AvgIpc) is 2.92. The molecule has 4 N–H and O–H groups in total. The van der Waals surface area contributed by atoms with Crippen LogP contribution in [0.2, 0.25) is 0 Å². The number of rotatable bonds is 8. The van der Waals surface area contributed by atoms with Crippen LogP contribution in [-0.2, 0) is 11.3 Å². The van der Waals surface area contributed by atoms with Gasteiger partial charge in [0.1, 0.15) is 11.4 Å². The van der Waals surface area contributed by atoms with Gasteiger partial charge in [0.15, 0.2) is 17.3 Å². The Labute approximate surface area is 231 Å². The van der Waals surface area contributed by atoms with E-state index in [2.05, 4.69) is 16.0 Å². The normalized spacial score (nSPS) is 13.5. The topological polar surface area (TPSA) is 147 Å². The second-order valence-corrected chi connectivity index (χ2v) is 8.61. The van der Waals surface area contributed by atoms with E-state index in [1.165, 1.54) is 49.5 Å². The van der Waals surface area contributed by atoms with Gasteiger partial charge in [-0.1, -0.05) is 0 Å². The second kappa shape index (κ2) is 12.1. The first-order valence-corrected chi connectivity index (χ1v) is 12.2. The lowest BCUT2D eigenvalue weighted by Crippen LogP contribution is -2.42. The molecule has 2 aromatic carbocycles. The van der Waals surface area contributed by atoms with Crippen LogP contribution in [0, 0.1) is 17.0 Å². The molecule has 0 atom stereocenters. The van der Waals surface area contributed by atoms with Gasteiger partial charge < -0.3 is 26.1 Å². The molecule has 210 valence electrons. The molecule has 0 saturated carbocycles. The van der Waals surface area contributed by atoms with Gasteiger partial charge in [0.2, 0.25) is 5.91 Å². The molecule has 2 heterocycles. The summed E-state index contributed by atoms with van der Waals surface area (Å²) in [6.45, 7) is 3.10. The number of nitrogens with one attached hydrogen (secondary N) is 4. The quantitative estimate of drug-likeness (QED) is 0.311. The molecule has 0 aliphatic carbocycles. The van der Waals surface area contributed by atoms with Crippen molar-refractivity contribution in [2.75, 3.05) is 5.32 Å². The fourth-order valence-corrected chi connectivity index (χ4v) is 3.84. The van der Waals surface area contributed by atoms with Gasteiger partial charge in [-0.25, -0.2) is 18.1 Å². The fourth-order valence-electron chi connectivity index (χ4n) is 3.84. The highest BCUT2D eigenvalue weighted by Crippen LogP contribution is 2.26. The molecule has 2 amide bonds. The molecule has 1 aliphatic rings. The summed E-state index contributed by atoms with van der Waals surface area (Å²) in [4.78, 5) is 50.4. The van der Waals surface area contributed by atoms with Crippen LogP contribution in [0.15, 0.2) is 93.8 Å². The maximum absolute atomic E-state index is 15.0. The van der Waals surface area contributed by atoms with Crippen molar-refractivity contribution < 1.29 is 23.1 Å². The molecule has 0 saturated heterocycles. The van der Waals surface area contributed by atoms with Crippen LogP contribution in [0.25, 0.3) is 5.69 Å². The lowest BCUT2D eigenvalue weighted by Gasteiger charge is -2.19. The molecular formula is C28H24F2N6O5. The predicted molar refractivity (Wildman–Crippen MR) is 147 cm³/mol. The second-order valence-electron chi connectivity index (χ2n) is 8.61. The van der Waals surface area contributed by atoms with Crippen molar-refractivity contribution in [3.05, 3.63) is 122 Å². The molecule has 0 radical (unpaired) electrons. The standard InChI is InChI=1S/C28H24F2N6O5/c1-3-35-15-21(27(39)36(28(35)40)20-7-4-17(29)5-8-20)26(38)34-18-6-9-24(22(30)12-18)41-25-13-19(33-16(2)37)14-32-23(25)10-11-31/h4-15,31-32H,3H2,1-2H3,(H,33,37)(H,34,38)/b23-10-,31-11?. The number of aryl methyl sites for hydroxylation is 1. The van der Waals surface area contributed by atoms with Gasteiger partial charge in [-0.2, -0.15) is 0 Å². The Bertz CT molecular complexity index is 1750. The minimum atomic E-state index is -0.936. The molecule has 4 rings (SSSR count). The Morgan fingerprint density at radius 3 is 2.46 bits per heavy atom. The summed E-state index contributed by atoms with van der Waals surface area (Å²) in [5, 5.41) is 15.2. The summed E-state index contributed by atoms with van der Waals surface area (Å²) in [6.07, 6.45) is 6.39. The summed E-state index contributed by atoms with van der Waals surface area (Å²) in [5.74, 6) is -2.79. The summed E-state index contributed by atoms with van der Waals surface area (Å²) >= 11 is 0. The predicted octanol–water partition coefficient (Wildman–Crippen LogP) is 2.93. The Balaban J connectivity index is 1.61. The number of aromatic nitrogens is 2. The molecule has 0 bridgehead atoms. The van der Waals surface area contributed by atoms with E-state index in [9.17, 15) is 23.6 Å². The molecule has 0 fully saturated rings. The molecule has 0 unspecified atom stereocenters. The first-order chi connectivity index (χ1) is 19.6. The first kappa shape index (κ1) is 28.4. The van der Waals surface area contributed by atoms with Crippen LogP contribution in [0.3, 0.4) is 0 Å². The molecule has 1 aliphatic heterocycles. The lowest BCUT2D eigenvalue weighted by molar-refractivity contribution is -0.118. The SMILES string of the molecule is CCn1cc(C(=O)Nc2ccc(OC3=CC(NC(C)=O)=CN/C3=C\C=N)c(F)c2)c(=O)n(-c2ccc(F)cc2)c1=O. The molecule has 41 heavy (non-hydrogen) atoms. The van der Waals surface area contributed by atoms with Gasteiger partial charge in [0.25, 0.3) is 11.5 Å². The Kier molecular flexibility index (Phi) is 8.37. The van der Waals surface area contributed by atoms with Crippen molar-refractivity contribution in [3.8, 4) is 11.4 Å². The third-order valence-corrected chi connectivity index (χ3v) is 5.74. The van der Waals surface area contributed by atoms with Gasteiger partial charge in [-0.05, 0) is 49.4 Å². The Morgan fingerprint density at radius 1 is 1.10 bits per heavy atom. The zero-order chi connectivity index (χ0) is 29.7. The minimum Gasteiger partial charge on any atom is -0.452 e. The number of halogens is 2. The van der Waals surface area contributed by atoms with Crippen molar-refractivity contribution in [3.63, 3.8) is 0 Å². The van der Waals surface area contributed by atoms with E-state index >= 15 is 4.39 Å². The van der Waals surface area contributed by atoms with Crippen LogP contribution < -0.4 is 31.9 Å². The molecular weight excluding hydrogens is 538 g/mol. The molecule has 1 aromatic heterocycles. The number of dihydropyridines is 1. The number of allylic oxidation sites excluding steroid dienone is 2. The highest BCUT2D eigenvalue weighted by molar-refractivity contribution is 6.03. The summed E-state index contributed by atoms with van der Waals surface area (Å²) in [5.41, 5.74) is -1.30. The van der Waals surface area contributed by atoms with E-state index in [0.29, 0.717) is 11.4 Å². The zero-order valence-electron chi connectivity index (χ0n) is 21.8. The van der Waals surface area contributed by atoms with Crippen molar-refractivity contribution in [2.24, 2.45) is 0 Å². The summed E-state index contributed by atoms with van der Waals surface area (Å²) in [7, 11) is 0. The van der Waals surface area contributed by atoms with Crippen LogP contribution in [0.5, 0.6) is 5.75 Å². The van der Waals surface area contributed by atoms with E-state index in [1.807, 2.05) is 0 Å². The largest absolute Gasteiger partial charge is 0.452 e. The Hall–Kier alpha value is -5.59. The Morgan fingerprint density at radius 2 is 1.83 bits per heavy atom. The smallest absolute Gasteiger partial charge is 0.335 e. The van der Waals surface area contributed by atoms with Crippen molar-refractivity contribution in [2.45, 2.75) is 20.4 Å². The molecule has 11 nitrogen and oxygen atoms in total. The monoisotopic (exact) mass is 562 g/mol. The zero-order valence-corrected chi connectivity index (χ0v) is 21.8. The first-order valence-electron chi connectivity index (χ1n) is 12.2.